The second-order valence-electron chi connectivity index (χ2n) is 5.62. The standard InChI is InChI=1S/C19H22ClFN4O2.HI/c1-22-19(23-9-8-13-6-7-16(27-2)11-17(13)20)24-12-18(26)25-15-5-3-4-14(21)10-15;/h3-7,10-11H,8-9,12H2,1-2H3,(H,25,26)(H2,22,23,24);1H. The van der Waals surface area contributed by atoms with Gasteiger partial charge in [0.1, 0.15) is 11.6 Å². The minimum absolute atomic E-state index is 0. The molecule has 0 atom stereocenters. The summed E-state index contributed by atoms with van der Waals surface area (Å²) < 4.78 is 18.2. The number of rotatable bonds is 7. The van der Waals surface area contributed by atoms with Crippen LogP contribution in [-0.2, 0) is 11.2 Å². The van der Waals surface area contributed by atoms with E-state index >= 15 is 0 Å². The summed E-state index contributed by atoms with van der Waals surface area (Å²) in [7, 11) is 3.20. The van der Waals surface area contributed by atoms with E-state index in [0.717, 1.165) is 5.56 Å². The smallest absolute Gasteiger partial charge is 0.243 e. The van der Waals surface area contributed by atoms with Crippen LogP contribution in [0, 0.1) is 5.82 Å². The fourth-order valence-corrected chi connectivity index (χ4v) is 2.59. The van der Waals surface area contributed by atoms with E-state index < -0.39 is 5.82 Å². The molecule has 3 N–H and O–H groups in total. The van der Waals surface area contributed by atoms with Crippen LogP contribution >= 0.6 is 35.6 Å². The normalized spacial score (nSPS) is 10.6. The number of nitrogens with one attached hydrogen (secondary N) is 3. The Bertz CT molecular complexity index is 820. The first kappa shape index (κ1) is 24.0. The van der Waals surface area contributed by atoms with E-state index in [4.69, 9.17) is 16.3 Å². The van der Waals surface area contributed by atoms with E-state index in [1.165, 1.54) is 18.2 Å². The molecule has 0 fully saturated rings. The van der Waals surface area contributed by atoms with Gasteiger partial charge in [-0.1, -0.05) is 23.7 Å². The summed E-state index contributed by atoms with van der Waals surface area (Å²) in [5, 5.41) is 9.26. The summed E-state index contributed by atoms with van der Waals surface area (Å²) in [6.07, 6.45) is 0.680. The second kappa shape index (κ2) is 12.4. The quantitative estimate of drug-likeness (QED) is 0.297. The van der Waals surface area contributed by atoms with Gasteiger partial charge in [0.05, 0.1) is 13.7 Å². The monoisotopic (exact) mass is 520 g/mol. The minimum atomic E-state index is -0.407. The number of aliphatic imine (C=N–C) groups is 1. The molecule has 0 saturated heterocycles. The number of halogens is 3. The Kier molecular flexibility index (Phi) is 10.6. The fraction of sp³-hybridized carbons (Fsp3) is 0.263. The largest absolute Gasteiger partial charge is 0.497 e. The number of ether oxygens (including phenoxy) is 1. The lowest BCUT2D eigenvalue weighted by atomic mass is 10.1. The molecule has 0 radical (unpaired) electrons. The number of anilines is 1. The van der Waals surface area contributed by atoms with Crippen molar-refractivity contribution in [2.75, 3.05) is 32.6 Å². The Morgan fingerprint density at radius 2 is 2.00 bits per heavy atom. The van der Waals surface area contributed by atoms with Crippen molar-refractivity contribution < 1.29 is 13.9 Å². The van der Waals surface area contributed by atoms with Gasteiger partial charge in [0, 0.05) is 24.3 Å². The Morgan fingerprint density at radius 1 is 1.21 bits per heavy atom. The maximum absolute atomic E-state index is 13.1. The van der Waals surface area contributed by atoms with Gasteiger partial charge in [-0.3, -0.25) is 9.79 Å². The summed E-state index contributed by atoms with van der Waals surface area (Å²) in [5.41, 5.74) is 1.38. The molecule has 28 heavy (non-hydrogen) atoms. The number of amides is 1. The molecule has 2 aromatic carbocycles. The molecule has 9 heteroatoms. The molecule has 0 aliphatic rings. The molecule has 0 aliphatic heterocycles. The molecule has 152 valence electrons. The zero-order valence-corrected chi connectivity index (χ0v) is 18.7. The SMILES string of the molecule is CN=C(NCCc1ccc(OC)cc1Cl)NCC(=O)Nc1cccc(F)c1.I. The summed E-state index contributed by atoms with van der Waals surface area (Å²) in [6.45, 7) is 0.580. The van der Waals surface area contributed by atoms with Crippen LogP contribution in [0.2, 0.25) is 5.02 Å². The van der Waals surface area contributed by atoms with Crippen molar-refractivity contribution >= 4 is 53.1 Å². The van der Waals surface area contributed by atoms with E-state index in [2.05, 4.69) is 20.9 Å². The molecule has 0 unspecified atom stereocenters. The zero-order chi connectivity index (χ0) is 19.6. The summed E-state index contributed by atoms with van der Waals surface area (Å²) in [4.78, 5) is 16.0. The van der Waals surface area contributed by atoms with Crippen molar-refractivity contribution in [3.05, 3.63) is 58.9 Å². The van der Waals surface area contributed by atoms with Crippen LogP contribution in [0.3, 0.4) is 0 Å². The first-order valence-corrected chi connectivity index (χ1v) is 8.72. The first-order chi connectivity index (χ1) is 13.0. The van der Waals surface area contributed by atoms with Crippen molar-refractivity contribution in [2.24, 2.45) is 4.99 Å². The average molecular weight is 521 g/mol. The van der Waals surface area contributed by atoms with Gasteiger partial charge >= 0.3 is 0 Å². The molecule has 2 aromatic rings. The van der Waals surface area contributed by atoms with Crippen LogP contribution in [0.1, 0.15) is 5.56 Å². The van der Waals surface area contributed by atoms with Gasteiger partial charge in [0.2, 0.25) is 5.91 Å². The average Bonchev–Trinajstić information content (AvgIpc) is 2.65. The number of methoxy groups -OCH3 is 1. The Hall–Kier alpha value is -2.07. The molecule has 0 heterocycles. The molecular weight excluding hydrogens is 498 g/mol. The number of hydrogen-bond donors (Lipinski definition) is 3. The fourth-order valence-electron chi connectivity index (χ4n) is 2.33. The van der Waals surface area contributed by atoms with Gasteiger partial charge in [0.25, 0.3) is 0 Å². The molecule has 0 aromatic heterocycles. The maximum Gasteiger partial charge on any atom is 0.243 e. The van der Waals surface area contributed by atoms with Crippen LogP contribution in [0.15, 0.2) is 47.5 Å². The van der Waals surface area contributed by atoms with Crippen molar-refractivity contribution in [3.8, 4) is 5.75 Å². The van der Waals surface area contributed by atoms with Gasteiger partial charge in [-0.2, -0.15) is 0 Å². The van der Waals surface area contributed by atoms with Gasteiger partial charge in [-0.15, -0.1) is 24.0 Å². The van der Waals surface area contributed by atoms with Crippen molar-refractivity contribution in [2.45, 2.75) is 6.42 Å². The number of carbonyl (C=O) groups excluding carboxylic acids is 1. The number of nitrogens with zero attached hydrogens (tertiary/aromatic N) is 1. The Labute approximate surface area is 185 Å². The summed E-state index contributed by atoms with van der Waals surface area (Å²) >= 11 is 6.21. The van der Waals surface area contributed by atoms with Crippen LogP contribution in [0.5, 0.6) is 5.75 Å². The predicted molar refractivity (Wildman–Crippen MR) is 122 cm³/mol. The van der Waals surface area contributed by atoms with Gasteiger partial charge in [0.15, 0.2) is 5.96 Å². The van der Waals surface area contributed by atoms with Crippen LogP contribution in [0.25, 0.3) is 0 Å². The second-order valence-corrected chi connectivity index (χ2v) is 6.03. The number of hydrogen-bond acceptors (Lipinski definition) is 3. The number of benzene rings is 2. The maximum atomic E-state index is 13.1. The third kappa shape index (κ3) is 7.89. The van der Waals surface area contributed by atoms with Crippen molar-refractivity contribution in [3.63, 3.8) is 0 Å². The van der Waals surface area contributed by atoms with Gasteiger partial charge in [-0.25, -0.2) is 4.39 Å². The summed E-state index contributed by atoms with van der Waals surface area (Å²) in [5.74, 6) is 0.477. The zero-order valence-electron chi connectivity index (χ0n) is 15.6. The van der Waals surface area contributed by atoms with Crippen LogP contribution in [0.4, 0.5) is 10.1 Å². The lowest BCUT2D eigenvalue weighted by Gasteiger charge is -2.13. The molecule has 0 aliphatic carbocycles. The highest BCUT2D eigenvalue weighted by atomic mass is 127. The van der Waals surface area contributed by atoms with Crippen LogP contribution < -0.4 is 20.7 Å². The topological polar surface area (TPSA) is 74.8 Å². The Balaban J connectivity index is 0.00000392. The molecule has 0 bridgehead atoms. The molecule has 2 rings (SSSR count). The lowest BCUT2D eigenvalue weighted by Crippen LogP contribution is -2.42. The predicted octanol–water partition coefficient (Wildman–Crippen LogP) is 3.45. The molecule has 1 amide bonds. The van der Waals surface area contributed by atoms with E-state index in [0.29, 0.717) is 35.4 Å². The first-order valence-electron chi connectivity index (χ1n) is 8.34. The highest BCUT2D eigenvalue weighted by Crippen LogP contribution is 2.22. The molecular formula is C19H23ClFIN4O2. The Morgan fingerprint density at radius 3 is 2.64 bits per heavy atom. The molecule has 0 saturated carbocycles. The van der Waals surface area contributed by atoms with E-state index in [1.807, 2.05) is 12.1 Å². The van der Waals surface area contributed by atoms with E-state index in [-0.39, 0.29) is 36.4 Å². The highest BCUT2D eigenvalue weighted by Gasteiger charge is 2.06. The van der Waals surface area contributed by atoms with Gasteiger partial charge in [-0.05, 0) is 42.3 Å². The molecule has 0 spiro atoms. The third-order valence-electron chi connectivity index (χ3n) is 3.70. The van der Waals surface area contributed by atoms with Gasteiger partial charge < -0.3 is 20.7 Å². The van der Waals surface area contributed by atoms with E-state index in [1.54, 1.807) is 26.3 Å². The summed E-state index contributed by atoms with van der Waals surface area (Å²) in [6, 6.07) is 11.2. The number of carbonyl (C=O) groups is 1. The van der Waals surface area contributed by atoms with Crippen molar-refractivity contribution in [1.29, 1.82) is 0 Å². The molecule has 6 nitrogen and oxygen atoms in total. The third-order valence-corrected chi connectivity index (χ3v) is 4.05. The van der Waals surface area contributed by atoms with Crippen molar-refractivity contribution in [1.82, 2.24) is 10.6 Å². The number of guanidine groups is 1. The van der Waals surface area contributed by atoms with Crippen LogP contribution in [-0.4, -0.2) is 39.1 Å². The lowest BCUT2D eigenvalue weighted by molar-refractivity contribution is -0.115. The minimum Gasteiger partial charge on any atom is -0.497 e. The van der Waals surface area contributed by atoms with E-state index in [9.17, 15) is 9.18 Å². The highest BCUT2D eigenvalue weighted by molar-refractivity contribution is 14.0.